The van der Waals surface area contributed by atoms with Crippen LogP contribution in [0.3, 0.4) is 0 Å². The van der Waals surface area contributed by atoms with Crippen LogP contribution in [-0.4, -0.2) is 30.2 Å². The molecule has 2 aromatic heterocycles. The lowest BCUT2D eigenvalue weighted by atomic mass is 10.2. The van der Waals surface area contributed by atoms with E-state index in [4.69, 9.17) is 0 Å². The van der Waals surface area contributed by atoms with Crippen molar-refractivity contribution in [2.24, 2.45) is 12.0 Å². The summed E-state index contributed by atoms with van der Waals surface area (Å²) in [5, 5.41) is 10.7. The molecule has 2 heterocycles. The third kappa shape index (κ3) is 3.39. The van der Waals surface area contributed by atoms with Crippen molar-refractivity contribution >= 4 is 11.9 Å². The minimum Gasteiger partial charge on any atom is -0.493 e. The normalized spacial score (nSPS) is 11.3. The molecule has 0 radical (unpaired) electrons. The number of nitrogens with one attached hydrogen (secondary N) is 1. The Hall–Kier alpha value is -4.40. The summed E-state index contributed by atoms with van der Waals surface area (Å²) in [4.78, 5) is 44.2. The highest BCUT2D eigenvalue weighted by Gasteiger charge is 2.18. The van der Waals surface area contributed by atoms with Gasteiger partial charge in [0.05, 0.1) is 17.1 Å². The van der Waals surface area contributed by atoms with E-state index >= 15 is 0 Å². The highest BCUT2D eigenvalue weighted by molar-refractivity contribution is 5.84. The van der Waals surface area contributed by atoms with Gasteiger partial charge >= 0.3 is 5.69 Å². The van der Waals surface area contributed by atoms with Crippen LogP contribution in [0.2, 0.25) is 0 Å². The number of aliphatic imine (C=N–C) groups is 1. The SMILES string of the molecule is Cc1ccccc1-n1c(O)c(C=Nc2c(C)n(C)n(-c3ccccc3)c2=O)c(=O)[nH]c1=O. The van der Waals surface area contributed by atoms with Crippen LogP contribution < -0.4 is 16.8 Å². The number of aromatic amines is 1. The molecule has 0 spiro atoms. The first kappa shape index (κ1) is 20.9. The minimum absolute atomic E-state index is 0.115. The zero-order valence-corrected chi connectivity index (χ0v) is 17.7. The molecule has 4 rings (SSSR count). The van der Waals surface area contributed by atoms with Gasteiger partial charge in [0.1, 0.15) is 5.56 Å². The van der Waals surface area contributed by atoms with Crippen LogP contribution in [-0.2, 0) is 7.05 Å². The number of para-hydroxylation sites is 2. The summed E-state index contributed by atoms with van der Waals surface area (Å²) < 4.78 is 4.11. The summed E-state index contributed by atoms with van der Waals surface area (Å²) in [6.45, 7) is 3.51. The minimum atomic E-state index is -0.807. The fourth-order valence-electron chi connectivity index (χ4n) is 3.52. The van der Waals surface area contributed by atoms with E-state index in [-0.39, 0.29) is 16.8 Å². The second-order valence-electron chi connectivity index (χ2n) is 7.29. The predicted molar refractivity (Wildman–Crippen MR) is 122 cm³/mol. The molecule has 2 aromatic carbocycles. The Bertz CT molecular complexity index is 1520. The van der Waals surface area contributed by atoms with Gasteiger partial charge in [-0.25, -0.2) is 19.0 Å². The monoisotopic (exact) mass is 431 g/mol. The summed E-state index contributed by atoms with van der Waals surface area (Å²) in [6, 6.07) is 16.0. The number of aromatic nitrogens is 4. The molecule has 0 aliphatic heterocycles. The first-order valence-electron chi connectivity index (χ1n) is 9.83. The molecule has 162 valence electrons. The van der Waals surface area contributed by atoms with Crippen LogP contribution in [0, 0.1) is 13.8 Å². The molecule has 0 amide bonds. The van der Waals surface area contributed by atoms with Gasteiger partial charge < -0.3 is 5.11 Å². The zero-order chi connectivity index (χ0) is 23.0. The quantitative estimate of drug-likeness (QED) is 0.482. The van der Waals surface area contributed by atoms with Gasteiger partial charge in [-0.15, -0.1) is 0 Å². The maximum Gasteiger partial charge on any atom is 0.335 e. The number of H-pyrrole nitrogens is 1. The maximum absolute atomic E-state index is 13.0. The van der Waals surface area contributed by atoms with Gasteiger partial charge in [0.15, 0.2) is 5.69 Å². The molecule has 0 saturated carbocycles. The first-order chi connectivity index (χ1) is 15.3. The number of nitrogens with zero attached hydrogens (tertiary/aromatic N) is 4. The van der Waals surface area contributed by atoms with Crippen molar-refractivity contribution in [1.82, 2.24) is 18.9 Å². The van der Waals surface area contributed by atoms with Crippen molar-refractivity contribution in [1.29, 1.82) is 0 Å². The molecular weight excluding hydrogens is 410 g/mol. The number of hydrogen-bond donors (Lipinski definition) is 2. The van der Waals surface area contributed by atoms with Crippen LogP contribution in [0.5, 0.6) is 5.88 Å². The largest absolute Gasteiger partial charge is 0.493 e. The lowest BCUT2D eigenvalue weighted by molar-refractivity contribution is 0.430. The Morgan fingerprint density at radius 2 is 1.62 bits per heavy atom. The third-order valence-electron chi connectivity index (χ3n) is 5.32. The lowest BCUT2D eigenvalue weighted by Gasteiger charge is -2.11. The van der Waals surface area contributed by atoms with Gasteiger partial charge in [0.25, 0.3) is 11.1 Å². The molecule has 2 N–H and O–H groups in total. The molecule has 9 nitrogen and oxygen atoms in total. The predicted octanol–water partition coefficient (Wildman–Crippen LogP) is 2.09. The van der Waals surface area contributed by atoms with Gasteiger partial charge in [-0.3, -0.25) is 19.3 Å². The van der Waals surface area contributed by atoms with Crippen molar-refractivity contribution in [3.05, 3.63) is 103 Å². The second kappa shape index (κ2) is 8.03. The smallest absolute Gasteiger partial charge is 0.335 e. The van der Waals surface area contributed by atoms with E-state index in [2.05, 4.69) is 9.98 Å². The van der Waals surface area contributed by atoms with Crippen LogP contribution in [0.4, 0.5) is 5.69 Å². The van der Waals surface area contributed by atoms with Crippen LogP contribution in [0.1, 0.15) is 16.8 Å². The van der Waals surface area contributed by atoms with Crippen molar-refractivity contribution < 1.29 is 5.11 Å². The van der Waals surface area contributed by atoms with Crippen LogP contribution in [0.15, 0.2) is 74.0 Å². The summed E-state index contributed by atoms with van der Waals surface area (Å²) in [5.41, 5.74) is 0.296. The van der Waals surface area contributed by atoms with Crippen LogP contribution in [0.25, 0.3) is 11.4 Å². The van der Waals surface area contributed by atoms with E-state index in [1.165, 1.54) is 4.68 Å². The van der Waals surface area contributed by atoms with Gasteiger partial charge in [-0.2, -0.15) is 0 Å². The van der Waals surface area contributed by atoms with Crippen molar-refractivity contribution in [3.63, 3.8) is 0 Å². The number of aromatic hydroxyl groups is 1. The Balaban J connectivity index is 1.87. The summed E-state index contributed by atoms with van der Waals surface area (Å²) in [6.07, 6.45) is 1.10. The van der Waals surface area contributed by atoms with E-state index in [1.54, 1.807) is 62.0 Å². The Kier molecular flexibility index (Phi) is 5.23. The average Bonchev–Trinajstić information content (AvgIpc) is 2.98. The Labute approximate surface area is 182 Å². The molecule has 0 fully saturated rings. The Morgan fingerprint density at radius 1 is 0.969 bits per heavy atom. The van der Waals surface area contributed by atoms with Crippen molar-refractivity contribution in [2.75, 3.05) is 0 Å². The zero-order valence-electron chi connectivity index (χ0n) is 17.7. The van der Waals surface area contributed by atoms with Gasteiger partial charge in [-0.05, 0) is 37.6 Å². The average molecular weight is 431 g/mol. The highest BCUT2D eigenvalue weighted by Crippen LogP contribution is 2.20. The van der Waals surface area contributed by atoms with E-state index in [9.17, 15) is 19.5 Å². The summed E-state index contributed by atoms with van der Waals surface area (Å²) in [7, 11) is 1.73. The number of benzene rings is 2. The second-order valence-corrected chi connectivity index (χ2v) is 7.29. The third-order valence-corrected chi connectivity index (χ3v) is 5.32. The van der Waals surface area contributed by atoms with Crippen molar-refractivity contribution in [3.8, 4) is 17.3 Å². The topological polar surface area (TPSA) is 114 Å². The summed E-state index contributed by atoms with van der Waals surface area (Å²) in [5.74, 6) is -0.561. The van der Waals surface area contributed by atoms with E-state index in [0.29, 0.717) is 17.1 Å². The standard InChI is InChI=1S/C23H21N5O4/c1-14-9-7-8-12-18(14)27-21(30)17(20(29)25-23(27)32)13-24-19-15(2)26(3)28(22(19)31)16-10-5-4-6-11-16/h4-13,30H,1-3H3,(H,25,29,32). The molecular formula is C23H21N5O4. The molecule has 0 saturated heterocycles. The molecule has 4 aromatic rings. The number of rotatable bonds is 4. The molecule has 0 unspecified atom stereocenters. The Morgan fingerprint density at radius 3 is 2.31 bits per heavy atom. The molecule has 9 heteroatoms. The van der Waals surface area contributed by atoms with E-state index in [0.717, 1.165) is 16.3 Å². The van der Waals surface area contributed by atoms with E-state index in [1.807, 2.05) is 18.2 Å². The highest BCUT2D eigenvalue weighted by atomic mass is 16.3. The summed E-state index contributed by atoms with van der Waals surface area (Å²) >= 11 is 0. The lowest BCUT2D eigenvalue weighted by Crippen LogP contribution is -2.31. The van der Waals surface area contributed by atoms with Gasteiger partial charge in [0, 0.05) is 13.3 Å². The molecule has 0 aliphatic rings. The molecule has 32 heavy (non-hydrogen) atoms. The molecule has 0 bridgehead atoms. The fraction of sp³-hybridized carbons (Fsp3) is 0.130. The first-order valence-corrected chi connectivity index (χ1v) is 9.83. The van der Waals surface area contributed by atoms with Gasteiger partial charge in [-0.1, -0.05) is 36.4 Å². The molecule has 0 atom stereocenters. The van der Waals surface area contributed by atoms with E-state index < -0.39 is 17.1 Å². The maximum atomic E-state index is 13.0. The van der Waals surface area contributed by atoms with Crippen LogP contribution >= 0.6 is 0 Å². The van der Waals surface area contributed by atoms with Crippen molar-refractivity contribution in [2.45, 2.75) is 13.8 Å². The number of hydrogen-bond acceptors (Lipinski definition) is 5. The van der Waals surface area contributed by atoms with Gasteiger partial charge in [0.2, 0.25) is 5.88 Å². The molecule has 0 aliphatic carbocycles. The fourth-order valence-corrected chi connectivity index (χ4v) is 3.52. The number of aryl methyl sites for hydroxylation is 1.